The molecule has 2 atom stereocenters. The molecule has 4 heteroatoms. The Kier molecular flexibility index (Phi) is 4.26. The zero-order chi connectivity index (χ0) is 12.7. The van der Waals surface area contributed by atoms with Crippen molar-refractivity contribution in [2.24, 2.45) is 17.3 Å². The molecular formula is C12H18Cl3O. The lowest BCUT2D eigenvalue weighted by atomic mass is 10.0. The molecule has 93 valence electrons. The number of halogens is 3. The summed E-state index contributed by atoms with van der Waals surface area (Å²) in [7, 11) is 0. The zero-order valence-electron chi connectivity index (χ0n) is 10.1. The molecule has 0 amide bonds. The van der Waals surface area contributed by atoms with Gasteiger partial charge in [0.05, 0.1) is 0 Å². The van der Waals surface area contributed by atoms with Crippen molar-refractivity contribution in [3.8, 4) is 0 Å². The van der Waals surface area contributed by atoms with Gasteiger partial charge in [0.2, 0.25) is 0 Å². The number of ketones is 1. The minimum absolute atomic E-state index is 0.197. The van der Waals surface area contributed by atoms with Crippen molar-refractivity contribution < 1.29 is 4.79 Å². The first-order chi connectivity index (χ1) is 7.06. The van der Waals surface area contributed by atoms with Gasteiger partial charge in [-0.1, -0.05) is 55.6 Å². The second-order valence-corrected chi connectivity index (χ2v) is 7.70. The lowest BCUT2D eigenvalue weighted by molar-refractivity contribution is -0.117. The molecule has 1 rings (SSSR count). The molecule has 0 heterocycles. The molecule has 1 nitrogen and oxygen atoms in total. The minimum atomic E-state index is -1.28. The average molecular weight is 285 g/mol. The van der Waals surface area contributed by atoms with Crippen molar-refractivity contribution in [1.29, 1.82) is 0 Å². The van der Waals surface area contributed by atoms with Crippen LogP contribution in [-0.2, 0) is 4.79 Å². The minimum Gasteiger partial charge on any atom is -0.300 e. The van der Waals surface area contributed by atoms with E-state index in [0.29, 0.717) is 18.3 Å². The highest BCUT2D eigenvalue weighted by Crippen LogP contribution is 2.63. The molecule has 16 heavy (non-hydrogen) atoms. The largest absolute Gasteiger partial charge is 0.300 e. The molecule has 1 aliphatic carbocycles. The molecule has 0 aromatic carbocycles. The van der Waals surface area contributed by atoms with Crippen molar-refractivity contribution in [1.82, 2.24) is 0 Å². The van der Waals surface area contributed by atoms with E-state index < -0.39 is 3.79 Å². The van der Waals surface area contributed by atoms with Crippen LogP contribution in [0.15, 0.2) is 0 Å². The van der Waals surface area contributed by atoms with E-state index in [9.17, 15) is 4.79 Å². The smallest absolute Gasteiger partial charge is 0.196 e. The first kappa shape index (κ1) is 14.6. The fourth-order valence-corrected chi connectivity index (χ4v) is 2.65. The molecule has 0 saturated heterocycles. The van der Waals surface area contributed by atoms with Crippen LogP contribution >= 0.6 is 34.8 Å². The summed E-state index contributed by atoms with van der Waals surface area (Å²) >= 11 is 17.5. The van der Waals surface area contributed by atoms with Gasteiger partial charge in [-0.25, -0.2) is 0 Å². The molecule has 0 bridgehead atoms. The predicted octanol–water partition coefficient (Wildman–Crippen LogP) is 4.59. The molecule has 0 N–H and O–H groups in total. The topological polar surface area (TPSA) is 17.1 Å². The van der Waals surface area contributed by atoms with Crippen molar-refractivity contribution in [2.45, 2.75) is 44.3 Å². The fourth-order valence-electron chi connectivity index (χ4n) is 2.42. The predicted molar refractivity (Wildman–Crippen MR) is 69.9 cm³/mol. The average Bonchev–Trinajstić information content (AvgIpc) is 2.53. The van der Waals surface area contributed by atoms with Gasteiger partial charge < -0.3 is 4.79 Å². The van der Waals surface area contributed by atoms with Gasteiger partial charge in [0.1, 0.15) is 5.78 Å². The van der Waals surface area contributed by atoms with Crippen LogP contribution < -0.4 is 0 Å². The number of rotatable bonds is 4. The van der Waals surface area contributed by atoms with Crippen LogP contribution in [0.1, 0.15) is 40.5 Å². The highest BCUT2D eigenvalue weighted by atomic mass is 35.6. The Morgan fingerprint density at radius 2 is 1.56 bits per heavy atom. The Morgan fingerprint density at radius 1 is 1.12 bits per heavy atom. The highest BCUT2D eigenvalue weighted by molar-refractivity contribution is 6.69. The Hall–Kier alpha value is 0.540. The Bertz CT molecular complexity index is 280. The van der Waals surface area contributed by atoms with Crippen LogP contribution in [0, 0.1) is 23.2 Å². The maximum atomic E-state index is 11.1. The number of carbonyl (C=O) groups is 1. The van der Waals surface area contributed by atoms with E-state index in [1.165, 1.54) is 0 Å². The zero-order valence-corrected chi connectivity index (χ0v) is 12.4. The van der Waals surface area contributed by atoms with Crippen LogP contribution in [-0.4, -0.2) is 9.58 Å². The van der Waals surface area contributed by atoms with E-state index in [0.717, 1.165) is 12.3 Å². The van der Waals surface area contributed by atoms with Gasteiger partial charge in [-0.05, 0) is 30.6 Å². The molecule has 0 aromatic rings. The normalized spacial score (nSPS) is 28.2. The van der Waals surface area contributed by atoms with E-state index in [1.807, 2.05) is 6.92 Å². The summed E-state index contributed by atoms with van der Waals surface area (Å²) in [6.45, 7) is 7.86. The molecule has 1 fully saturated rings. The fraction of sp³-hybridized carbons (Fsp3) is 0.833. The number of Topliss-reactive ketones (excluding diaryl/α,β-unsaturated/α-hetero) is 1. The van der Waals surface area contributed by atoms with Crippen molar-refractivity contribution in [3.63, 3.8) is 0 Å². The standard InChI is InChI=1S/C12H18Cl3O/c1-7(12(13,14)15)5-9-10(6-8(2)16)11(9,3)4/h9-10H,5-6H2,1-4H3. The number of hydrogen-bond acceptors (Lipinski definition) is 1. The molecule has 0 aromatic heterocycles. The van der Waals surface area contributed by atoms with Gasteiger partial charge >= 0.3 is 0 Å². The summed E-state index contributed by atoms with van der Waals surface area (Å²) in [6, 6.07) is 0. The first-order valence-electron chi connectivity index (χ1n) is 5.46. The van der Waals surface area contributed by atoms with Crippen LogP contribution in [0.25, 0.3) is 0 Å². The molecule has 2 unspecified atom stereocenters. The van der Waals surface area contributed by atoms with Gasteiger partial charge in [0.25, 0.3) is 0 Å². The summed E-state index contributed by atoms with van der Waals surface area (Å²) in [5, 5.41) is 0. The van der Waals surface area contributed by atoms with Crippen molar-refractivity contribution >= 4 is 40.6 Å². The van der Waals surface area contributed by atoms with E-state index in [1.54, 1.807) is 6.92 Å². The number of hydrogen-bond donors (Lipinski definition) is 0. The molecule has 0 spiro atoms. The summed E-state index contributed by atoms with van der Waals surface area (Å²) in [5.74, 6) is 2.01. The first-order valence-corrected chi connectivity index (χ1v) is 6.59. The quantitative estimate of drug-likeness (QED) is 0.690. The summed E-state index contributed by atoms with van der Waals surface area (Å²) < 4.78 is -1.28. The lowest BCUT2D eigenvalue weighted by Gasteiger charge is -2.19. The van der Waals surface area contributed by atoms with Crippen LogP contribution in [0.5, 0.6) is 0 Å². The number of alkyl halides is 3. The molecule has 1 saturated carbocycles. The second-order valence-electron chi connectivity index (χ2n) is 5.42. The van der Waals surface area contributed by atoms with Gasteiger partial charge in [0.15, 0.2) is 3.79 Å². The van der Waals surface area contributed by atoms with Crippen molar-refractivity contribution in [3.05, 3.63) is 5.92 Å². The maximum Gasteiger partial charge on any atom is 0.196 e. The van der Waals surface area contributed by atoms with Crippen LogP contribution in [0.4, 0.5) is 0 Å². The third-order valence-corrected chi connectivity index (χ3v) is 4.77. The van der Waals surface area contributed by atoms with E-state index in [4.69, 9.17) is 34.8 Å². The summed E-state index contributed by atoms with van der Waals surface area (Å²) in [5.41, 5.74) is 0.197. The summed E-state index contributed by atoms with van der Waals surface area (Å²) in [6.07, 6.45) is 1.44. The van der Waals surface area contributed by atoms with Crippen molar-refractivity contribution in [2.75, 3.05) is 0 Å². The Labute approximate surface area is 113 Å². The van der Waals surface area contributed by atoms with Crippen LogP contribution in [0.3, 0.4) is 0 Å². The third kappa shape index (κ3) is 3.27. The summed E-state index contributed by atoms with van der Waals surface area (Å²) in [4.78, 5) is 11.1. The third-order valence-electron chi connectivity index (χ3n) is 3.81. The number of carbonyl (C=O) groups excluding carboxylic acids is 1. The van der Waals surface area contributed by atoms with E-state index in [2.05, 4.69) is 13.8 Å². The maximum absolute atomic E-state index is 11.1. The van der Waals surface area contributed by atoms with E-state index >= 15 is 0 Å². The molecule has 1 aliphatic rings. The molecular weight excluding hydrogens is 266 g/mol. The Morgan fingerprint density at radius 3 is 1.94 bits per heavy atom. The van der Waals surface area contributed by atoms with Crippen LogP contribution in [0.2, 0.25) is 0 Å². The lowest BCUT2D eigenvalue weighted by Crippen LogP contribution is -2.15. The molecule has 0 aliphatic heterocycles. The second kappa shape index (κ2) is 4.66. The Balaban J connectivity index is 2.54. The van der Waals surface area contributed by atoms with Gasteiger partial charge in [0, 0.05) is 12.3 Å². The SMILES string of the molecule is C[C](CC1C(CC(C)=O)C1(C)C)C(Cl)(Cl)Cl. The van der Waals surface area contributed by atoms with E-state index in [-0.39, 0.29) is 11.2 Å². The van der Waals surface area contributed by atoms with Gasteiger partial charge in [-0.3, -0.25) is 0 Å². The van der Waals surface area contributed by atoms with Gasteiger partial charge in [-0.2, -0.15) is 0 Å². The van der Waals surface area contributed by atoms with Gasteiger partial charge in [-0.15, -0.1) is 0 Å². The highest BCUT2D eigenvalue weighted by Gasteiger charge is 2.58. The monoisotopic (exact) mass is 283 g/mol. The molecule has 1 radical (unpaired) electrons.